The van der Waals surface area contributed by atoms with E-state index in [1.54, 1.807) is 0 Å². The predicted molar refractivity (Wildman–Crippen MR) is 47.3 cm³/mol. The van der Waals surface area contributed by atoms with Crippen molar-refractivity contribution in [2.24, 2.45) is 5.92 Å². The van der Waals surface area contributed by atoms with E-state index in [0.29, 0.717) is 0 Å². The van der Waals surface area contributed by atoms with Gasteiger partial charge < -0.3 is 4.48 Å². The highest BCUT2D eigenvalue weighted by Crippen LogP contribution is 2.42. The molecule has 2 saturated heterocycles. The van der Waals surface area contributed by atoms with Crippen molar-refractivity contribution < 1.29 is 4.48 Å². The zero-order valence-corrected chi connectivity index (χ0v) is 8.01. The van der Waals surface area contributed by atoms with Gasteiger partial charge in [0.25, 0.3) is 0 Å². The SMILES string of the molecule is CC1CC2CCCC1[N+]2(C)C. The van der Waals surface area contributed by atoms with Crippen molar-refractivity contribution in [3.63, 3.8) is 0 Å². The van der Waals surface area contributed by atoms with Crippen LogP contribution in [0.15, 0.2) is 0 Å². The van der Waals surface area contributed by atoms with Gasteiger partial charge >= 0.3 is 0 Å². The Kier molecular flexibility index (Phi) is 1.54. The maximum Gasteiger partial charge on any atom is 0.0916 e. The Morgan fingerprint density at radius 2 is 1.91 bits per heavy atom. The molecule has 0 saturated carbocycles. The molecule has 3 unspecified atom stereocenters. The largest absolute Gasteiger partial charge is 0.323 e. The topological polar surface area (TPSA) is 0 Å². The number of fused-ring (bicyclic) bond motifs is 2. The Morgan fingerprint density at radius 1 is 1.18 bits per heavy atom. The smallest absolute Gasteiger partial charge is 0.0916 e. The lowest BCUT2D eigenvalue weighted by atomic mass is 9.98. The highest BCUT2D eigenvalue weighted by molar-refractivity contribution is 4.84. The number of rotatable bonds is 0. The van der Waals surface area contributed by atoms with Gasteiger partial charge in [-0.1, -0.05) is 6.92 Å². The van der Waals surface area contributed by atoms with Gasteiger partial charge in [0.15, 0.2) is 0 Å². The Bertz CT molecular complexity index is 162. The van der Waals surface area contributed by atoms with E-state index in [0.717, 1.165) is 18.0 Å². The molecule has 0 aromatic carbocycles. The third-order valence-electron chi connectivity index (χ3n) is 4.13. The maximum absolute atomic E-state index is 2.44. The molecule has 2 bridgehead atoms. The second-order valence-corrected chi connectivity index (χ2v) is 4.99. The molecule has 0 spiro atoms. The fourth-order valence-electron chi connectivity index (χ4n) is 3.42. The number of hydrogen-bond acceptors (Lipinski definition) is 0. The van der Waals surface area contributed by atoms with Crippen LogP contribution < -0.4 is 0 Å². The van der Waals surface area contributed by atoms with Gasteiger partial charge in [-0.15, -0.1) is 0 Å². The van der Waals surface area contributed by atoms with Crippen LogP contribution in [0.5, 0.6) is 0 Å². The third-order valence-corrected chi connectivity index (χ3v) is 4.13. The first-order chi connectivity index (χ1) is 5.12. The minimum Gasteiger partial charge on any atom is -0.323 e. The summed E-state index contributed by atoms with van der Waals surface area (Å²) in [5.41, 5.74) is 0. The molecule has 2 fully saturated rings. The summed E-state index contributed by atoms with van der Waals surface area (Å²) in [4.78, 5) is 0. The highest BCUT2D eigenvalue weighted by atomic mass is 15.4. The molecule has 2 rings (SSSR count). The number of nitrogens with zero attached hydrogens (tertiary/aromatic N) is 1. The molecule has 0 aromatic rings. The van der Waals surface area contributed by atoms with Gasteiger partial charge in [-0.25, -0.2) is 0 Å². The summed E-state index contributed by atoms with van der Waals surface area (Å²) >= 11 is 0. The van der Waals surface area contributed by atoms with E-state index < -0.39 is 0 Å². The number of hydrogen-bond donors (Lipinski definition) is 0. The lowest BCUT2D eigenvalue weighted by Crippen LogP contribution is -2.53. The lowest BCUT2D eigenvalue weighted by molar-refractivity contribution is -0.931. The molecule has 0 radical (unpaired) electrons. The molecular formula is C10H20N+. The van der Waals surface area contributed by atoms with Crippen LogP contribution in [0.2, 0.25) is 0 Å². The van der Waals surface area contributed by atoms with Gasteiger partial charge in [0.2, 0.25) is 0 Å². The van der Waals surface area contributed by atoms with Crippen LogP contribution in [0.1, 0.15) is 32.6 Å². The van der Waals surface area contributed by atoms with Gasteiger partial charge in [0, 0.05) is 12.3 Å². The van der Waals surface area contributed by atoms with E-state index in [1.165, 1.54) is 30.2 Å². The van der Waals surface area contributed by atoms with Crippen molar-refractivity contribution >= 4 is 0 Å². The van der Waals surface area contributed by atoms with Crippen molar-refractivity contribution in [2.75, 3.05) is 14.1 Å². The Labute approximate surface area is 70.0 Å². The molecule has 2 heterocycles. The molecular weight excluding hydrogens is 134 g/mol. The minimum absolute atomic E-state index is 0.980. The van der Waals surface area contributed by atoms with Crippen molar-refractivity contribution in [3.05, 3.63) is 0 Å². The van der Waals surface area contributed by atoms with Crippen LogP contribution in [-0.2, 0) is 0 Å². The van der Waals surface area contributed by atoms with E-state index in [2.05, 4.69) is 21.0 Å². The standard InChI is InChI=1S/C10H20N/c1-8-7-9-5-4-6-10(8)11(9,2)3/h8-10H,4-7H2,1-3H3/q+1. The summed E-state index contributed by atoms with van der Waals surface area (Å²) in [7, 11) is 4.86. The first-order valence-electron chi connectivity index (χ1n) is 4.95. The zero-order chi connectivity index (χ0) is 8.06. The molecule has 1 nitrogen and oxygen atoms in total. The van der Waals surface area contributed by atoms with Crippen LogP contribution in [0.3, 0.4) is 0 Å². The number of quaternary nitrogens is 1. The summed E-state index contributed by atoms with van der Waals surface area (Å²) in [6.07, 6.45) is 5.93. The summed E-state index contributed by atoms with van der Waals surface area (Å²) in [5, 5.41) is 0. The normalized spacial score (nSPS) is 47.7. The average Bonchev–Trinajstić information content (AvgIpc) is 2.15. The van der Waals surface area contributed by atoms with E-state index in [-0.39, 0.29) is 0 Å². The fraction of sp³-hybridized carbons (Fsp3) is 1.00. The molecule has 0 N–H and O–H groups in total. The summed E-state index contributed by atoms with van der Waals surface area (Å²) < 4.78 is 1.32. The van der Waals surface area contributed by atoms with Crippen molar-refractivity contribution in [3.8, 4) is 0 Å². The van der Waals surface area contributed by atoms with Crippen LogP contribution in [0.25, 0.3) is 0 Å². The van der Waals surface area contributed by atoms with Crippen LogP contribution in [0, 0.1) is 5.92 Å². The summed E-state index contributed by atoms with van der Waals surface area (Å²) in [5.74, 6) is 0.984. The van der Waals surface area contributed by atoms with Crippen molar-refractivity contribution in [2.45, 2.75) is 44.7 Å². The van der Waals surface area contributed by atoms with E-state index >= 15 is 0 Å². The molecule has 3 atom stereocenters. The third kappa shape index (κ3) is 0.936. The maximum atomic E-state index is 2.44. The van der Waals surface area contributed by atoms with E-state index in [1.807, 2.05) is 0 Å². The van der Waals surface area contributed by atoms with Gasteiger partial charge in [-0.05, 0) is 19.3 Å². The first kappa shape index (κ1) is 7.60. The molecule has 1 heteroatoms. The monoisotopic (exact) mass is 154 g/mol. The molecule has 64 valence electrons. The molecule has 0 aliphatic carbocycles. The zero-order valence-electron chi connectivity index (χ0n) is 8.01. The quantitative estimate of drug-likeness (QED) is 0.468. The number of piperidine rings is 1. The molecule has 2 aliphatic heterocycles. The highest BCUT2D eigenvalue weighted by Gasteiger charge is 2.49. The Morgan fingerprint density at radius 3 is 2.45 bits per heavy atom. The van der Waals surface area contributed by atoms with E-state index in [4.69, 9.17) is 0 Å². The van der Waals surface area contributed by atoms with Gasteiger partial charge in [-0.2, -0.15) is 0 Å². The fourth-order valence-corrected chi connectivity index (χ4v) is 3.42. The van der Waals surface area contributed by atoms with Crippen LogP contribution in [0.4, 0.5) is 0 Å². The van der Waals surface area contributed by atoms with Crippen molar-refractivity contribution in [1.29, 1.82) is 0 Å². The molecule has 0 aromatic heterocycles. The average molecular weight is 154 g/mol. The Hall–Kier alpha value is -0.0400. The first-order valence-corrected chi connectivity index (χ1v) is 4.95. The molecule has 2 aliphatic rings. The van der Waals surface area contributed by atoms with Crippen molar-refractivity contribution in [1.82, 2.24) is 0 Å². The van der Waals surface area contributed by atoms with Gasteiger partial charge in [0.05, 0.1) is 26.2 Å². The second kappa shape index (κ2) is 2.22. The Balaban J connectivity index is 2.25. The predicted octanol–water partition coefficient (Wildman–Crippen LogP) is 2.02. The molecule has 11 heavy (non-hydrogen) atoms. The van der Waals surface area contributed by atoms with Crippen LogP contribution in [-0.4, -0.2) is 30.7 Å². The van der Waals surface area contributed by atoms with Gasteiger partial charge in [0.1, 0.15) is 0 Å². The van der Waals surface area contributed by atoms with E-state index in [9.17, 15) is 0 Å². The van der Waals surface area contributed by atoms with Crippen LogP contribution >= 0.6 is 0 Å². The summed E-state index contributed by atoms with van der Waals surface area (Å²) in [6, 6.07) is 1.97. The molecule has 0 amide bonds. The lowest BCUT2D eigenvalue weighted by Gasteiger charge is -2.41. The second-order valence-electron chi connectivity index (χ2n) is 4.99. The summed E-state index contributed by atoms with van der Waals surface area (Å²) in [6.45, 7) is 2.44. The van der Waals surface area contributed by atoms with Gasteiger partial charge in [-0.3, -0.25) is 0 Å². The minimum atomic E-state index is 0.980.